The lowest BCUT2D eigenvalue weighted by atomic mass is 10.3. The van der Waals surface area contributed by atoms with E-state index in [1.54, 1.807) is 11.8 Å². The SMILES string of the molecule is O=C(NC(=O)N1CCSCC1)c1cn2cc(C(F)(F)F)cc(Cl)c2n1. The maximum absolute atomic E-state index is 12.8. The van der Waals surface area contributed by atoms with Gasteiger partial charge < -0.3 is 9.30 Å². The van der Waals surface area contributed by atoms with Gasteiger partial charge in [-0.3, -0.25) is 10.1 Å². The van der Waals surface area contributed by atoms with Crippen LogP contribution in [0.3, 0.4) is 0 Å². The van der Waals surface area contributed by atoms with E-state index in [9.17, 15) is 22.8 Å². The maximum Gasteiger partial charge on any atom is 0.417 e. The second kappa shape index (κ2) is 6.75. The molecule has 1 N–H and O–H groups in total. The van der Waals surface area contributed by atoms with Gasteiger partial charge in [0.15, 0.2) is 5.65 Å². The quantitative estimate of drug-likeness (QED) is 0.810. The molecule has 2 aromatic heterocycles. The topological polar surface area (TPSA) is 66.7 Å². The van der Waals surface area contributed by atoms with Crippen molar-refractivity contribution >= 4 is 40.9 Å². The summed E-state index contributed by atoms with van der Waals surface area (Å²) in [5.74, 6) is 0.772. The first-order valence-corrected chi connectivity index (χ1v) is 8.72. The Kier molecular flexibility index (Phi) is 4.83. The lowest BCUT2D eigenvalue weighted by Crippen LogP contribution is -2.46. The highest BCUT2D eigenvalue weighted by atomic mass is 35.5. The van der Waals surface area contributed by atoms with Crippen LogP contribution in [0.2, 0.25) is 5.02 Å². The molecule has 6 nitrogen and oxygen atoms in total. The molecule has 2 aromatic rings. The van der Waals surface area contributed by atoms with Crippen LogP contribution in [0.5, 0.6) is 0 Å². The summed E-state index contributed by atoms with van der Waals surface area (Å²) in [5, 5.41) is 1.95. The van der Waals surface area contributed by atoms with E-state index in [2.05, 4.69) is 10.3 Å². The number of imidazole rings is 1. The zero-order valence-corrected chi connectivity index (χ0v) is 14.2. The van der Waals surface area contributed by atoms with E-state index in [1.807, 2.05) is 0 Å². The molecule has 0 aliphatic carbocycles. The average molecular weight is 393 g/mol. The first-order valence-electron chi connectivity index (χ1n) is 7.19. The Balaban J connectivity index is 1.82. The lowest BCUT2D eigenvalue weighted by molar-refractivity contribution is -0.137. The van der Waals surface area contributed by atoms with E-state index in [-0.39, 0.29) is 16.4 Å². The maximum atomic E-state index is 12.8. The summed E-state index contributed by atoms with van der Waals surface area (Å²) in [5.41, 5.74) is -1.15. The van der Waals surface area contributed by atoms with Gasteiger partial charge >= 0.3 is 12.2 Å². The zero-order chi connectivity index (χ0) is 18.2. The molecule has 0 atom stereocenters. The predicted molar refractivity (Wildman–Crippen MR) is 87.0 cm³/mol. The molecule has 0 aromatic carbocycles. The summed E-state index contributed by atoms with van der Waals surface area (Å²) in [4.78, 5) is 29.6. The summed E-state index contributed by atoms with van der Waals surface area (Å²) in [6, 6.07) is 0.187. The molecule has 0 saturated carbocycles. The predicted octanol–water partition coefficient (Wildman–Crippen LogP) is 2.91. The normalized spacial score (nSPS) is 15.4. The van der Waals surface area contributed by atoms with Gasteiger partial charge in [-0.05, 0) is 6.07 Å². The number of hydrogen-bond donors (Lipinski definition) is 1. The van der Waals surface area contributed by atoms with Crippen LogP contribution in [0, 0.1) is 0 Å². The van der Waals surface area contributed by atoms with Crippen molar-refractivity contribution in [2.75, 3.05) is 24.6 Å². The molecular weight excluding hydrogens is 381 g/mol. The highest BCUT2D eigenvalue weighted by molar-refractivity contribution is 7.99. The number of urea groups is 1. The molecule has 0 unspecified atom stereocenters. The number of nitrogens with zero attached hydrogens (tertiary/aromatic N) is 3. The Bertz CT molecular complexity index is 833. The Morgan fingerprint density at radius 3 is 2.56 bits per heavy atom. The number of aromatic nitrogens is 2. The number of imide groups is 1. The number of pyridine rings is 1. The number of carbonyl (C=O) groups excluding carboxylic acids is 2. The summed E-state index contributed by atoms with van der Waals surface area (Å²) in [6.07, 6.45) is -2.69. The van der Waals surface area contributed by atoms with Crippen molar-refractivity contribution in [2.45, 2.75) is 6.18 Å². The van der Waals surface area contributed by atoms with Crippen LogP contribution in [-0.2, 0) is 6.18 Å². The van der Waals surface area contributed by atoms with Crippen LogP contribution in [-0.4, -0.2) is 50.8 Å². The molecule has 0 spiro atoms. The van der Waals surface area contributed by atoms with Crippen molar-refractivity contribution in [3.05, 3.63) is 34.7 Å². The number of rotatable bonds is 1. The van der Waals surface area contributed by atoms with Gasteiger partial charge in [0.05, 0.1) is 10.6 Å². The third kappa shape index (κ3) is 3.84. The number of halogens is 4. The molecule has 11 heteroatoms. The smallest absolute Gasteiger partial charge is 0.323 e. The molecule has 3 amide bonds. The fourth-order valence-corrected chi connectivity index (χ4v) is 3.49. The lowest BCUT2D eigenvalue weighted by Gasteiger charge is -2.25. The molecule has 1 aliphatic heterocycles. The van der Waals surface area contributed by atoms with Crippen molar-refractivity contribution in [3.8, 4) is 0 Å². The molecule has 1 saturated heterocycles. The van der Waals surface area contributed by atoms with E-state index in [0.29, 0.717) is 13.1 Å². The average Bonchev–Trinajstić information content (AvgIpc) is 3.00. The Morgan fingerprint density at radius 2 is 1.92 bits per heavy atom. The first kappa shape index (κ1) is 17.9. The molecule has 25 heavy (non-hydrogen) atoms. The highest BCUT2D eigenvalue weighted by Crippen LogP contribution is 2.32. The van der Waals surface area contributed by atoms with Gasteiger partial charge in [-0.25, -0.2) is 9.78 Å². The van der Waals surface area contributed by atoms with E-state index < -0.39 is 23.7 Å². The van der Waals surface area contributed by atoms with Crippen molar-refractivity contribution in [1.82, 2.24) is 19.6 Å². The van der Waals surface area contributed by atoms with Crippen molar-refractivity contribution in [1.29, 1.82) is 0 Å². The number of fused-ring (bicyclic) bond motifs is 1. The van der Waals surface area contributed by atoms with Gasteiger partial charge in [-0.2, -0.15) is 24.9 Å². The highest BCUT2D eigenvalue weighted by Gasteiger charge is 2.32. The molecule has 3 heterocycles. The largest absolute Gasteiger partial charge is 0.417 e. The van der Waals surface area contributed by atoms with E-state index in [0.717, 1.165) is 34.4 Å². The zero-order valence-electron chi connectivity index (χ0n) is 12.6. The number of thioether (sulfide) groups is 1. The molecular formula is C14H12ClF3N4O2S. The molecule has 3 rings (SSSR count). The third-order valence-corrected chi connectivity index (χ3v) is 4.81. The van der Waals surface area contributed by atoms with Crippen LogP contribution in [0.1, 0.15) is 16.1 Å². The van der Waals surface area contributed by atoms with E-state index in [4.69, 9.17) is 11.6 Å². The van der Waals surface area contributed by atoms with Crippen molar-refractivity contribution < 1.29 is 22.8 Å². The minimum Gasteiger partial charge on any atom is -0.323 e. The van der Waals surface area contributed by atoms with Gasteiger partial charge in [-0.15, -0.1) is 0 Å². The standard InChI is InChI=1S/C14H12ClF3N4O2S/c15-9-5-8(14(16,17)18)6-22-7-10(19-11(9)22)12(23)20-13(24)21-1-3-25-4-2-21/h5-7H,1-4H2,(H,20,23,24). The van der Waals surface area contributed by atoms with Crippen LogP contribution in [0.25, 0.3) is 5.65 Å². The molecule has 1 fully saturated rings. The van der Waals surface area contributed by atoms with Gasteiger partial charge in [0.25, 0.3) is 5.91 Å². The van der Waals surface area contributed by atoms with Gasteiger partial charge in [0, 0.05) is 37.0 Å². The number of carbonyl (C=O) groups is 2. The molecule has 0 radical (unpaired) electrons. The summed E-state index contributed by atoms with van der Waals surface area (Å²) in [7, 11) is 0. The summed E-state index contributed by atoms with van der Waals surface area (Å²) >= 11 is 7.53. The van der Waals surface area contributed by atoms with Crippen LogP contribution >= 0.6 is 23.4 Å². The third-order valence-electron chi connectivity index (χ3n) is 3.59. The Morgan fingerprint density at radius 1 is 1.24 bits per heavy atom. The fraction of sp³-hybridized carbons (Fsp3) is 0.357. The van der Waals surface area contributed by atoms with Gasteiger partial charge in [0.1, 0.15) is 5.69 Å². The molecule has 0 bridgehead atoms. The van der Waals surface area contributed by atoms with E-state index in [1.165, 1.54) is 4.90 Å². The van der Waals surface area contributed by atoms with Crippen LogP contribution < -0.4 is 5.32 Å². The van der Waals surface area contributed by atoms with Crippen LogP contribution in [0.15, 0.2) is 18.5 Å². The van der Waals surface area contributed by atoms with Crippen molar-refractivity contribution in [3.63, 3.8) is 0 Å². The number of alkyl halides is 3. The van der Waals surface area contributed by atoms with Crippen LogP contribution in [0.4, 0.5) is 18.0 Å². The summed E-state index contributed by atoms with van der Waals surface area (Å²) < 4.78 is 39.5. The number of amides is 3. The fourth-order valence-electron chi connectivity index (χ4n) is 2.33. The Labute approximate surface area is 149 Å². The van der Waals surface area contributed by atoms with E-state index >= 15 is 0 Å². The molecule has 134 valence electrons. The summed E-state index contributed by atoms with van der Waals surface area (Å²) in [6.45, 7) is 1.05. The Hall–Kier alpha value is -1.94. The number of hydrogen-bond acceptors (Lipinski definition) is 4. The molecule has 1 aliphatic rings. The second-order valence-electron chi connectivity index (χ2n) is 5.29. The minimum atomic E-state index is -4.58. The van der Waals surface area contributed by atoms with Gasteiger partial charge in [-0.1, -0.05) is 11.6 Å². The minimum absolute atomic E-state index is 0.00152. The second-order valence-corrected chi connectivity index (χ2v) is 6.92. The van der Waals surface area contributed by atoms with Gasteiger partial charge in [0.2, 0.25) is 0 Å². The monoisotopic (exact) mass is 392 g/mol. The van der Waals surface area contributed by atoms with Crippen molar-refractivity contribution in [2.24, 2.45) is 0 Å². The first-order chi connectivity index (χ1) is 11.8. The number of nitrogens with one attached hydrogen (secondary N) is 1.